The van der Waals surface area contributed by atoms with E-state index in [-0.39, 0.29) is 0 Å². The third-order valence-electron chi connectivity index (χ3n) is 4.39. The largest absolute Gasteiger partial charge is 0.293 e. The molecule has 1 aromatic rings. The summed E-state index contributed by atoms with van der Waals surface area (Å²) >= 11 is 0. The minimum Gasteiger partial charge on any atom is -0.293 e. The highest BCUT2D eigenvalue weighted by atomic mass is 15.2. The van der Waals surface area contributed by atoms with E-state index in [0.717, 1.165) is 6.04 Å². The van der Waals surface area contributed by atoms with Crippen LogP contribution in [0, 0.1) is 6.92 Å². The second kappa shape index (κ2) is 4.21. The van der Waals surface area contributed by atoms with Crippen LogP contribution < -0.4 is 0 Å². The van der Waals surface area contributed by atoms with E-state index in [1.165, 1.54) is 44.2 Å². The first-order valence-corrected chi connectivity index (χ1v) is 6.67. The summed E-state index contributed by atoms with van der Waals surface area (Å²) in [7, 11) is 0. The normalized spacial score (nSPS) is 30.3. The Hall–Kier alpha value is -0.820. The molecule has 0 N–H and O–H groups in total. The van der Waals surface area contributed by atoms with E-state index in [2.05, 4.69) is 36.1 Å². The highest BCUT2D eigenvalue weighted by Gasteiger charge is 2.35. The Kier molecular flexibility index (Phi) is 2.72. The summed E-state index contributed by atoms with van der Waals surface area (Å²) in [5, 5.41) is 0. The van der Waals surface area contributed by atoms with Gasteiger partial charge in [-0.2, -0.15) is 0 Å². The van der Waals surface area contributed by atoms with Crippen molar-refractivity contribution in [3.05, 3.63) is 35.4 Å². The van der Waals surface area contributed by atoms with Gasteiger partial charge in [0.15, 0.2) is 0 Å². The van der Waals surface area contributed by atoms with Crippen LogP contribution in [0.2, 0.25) is 0 Å². The molecule has 1 nitrogen and oxygen atoms in total. The van der Waals surface area contributed by atoms with Crippen LogP contribution in [-0.4, -0.2) is 17.5 Å². The van der Waals surface area contributed by atoms with Crippen LogP contribution in [-0.2, 0) is 0 Å². The molecule has 86 valence electrons. The second-order valence-corrected chi connectivity index (χ2v) is 5.34. The standard InChI is InChI=1S/C15H21N/c1-12-6-2-3-8-14(12)15-10-9-13-7-4-5-11-16(13)15/h2-3,6,8,13,15H,4-5,7,9-11H2,1H3. The van der Waals surface area contributed by atoms with Crippen molar-refractivity contribution in [3.63, 3.8) is 0 Å². The fourth-order valence-corrected chi connectivity index (χ4v) is 3.55. The molecule has 0 saturated carbocycles. The Balaban J connectivity index is 1.88. The Morgan fingerprint density at radius 2 is 1.94 bits per heavy atom. The molecular formula is C15H21N. The molecule has 3 rings (SSSR count). The van der Waals surface area contributed by atoms with Crippen molar-refractivity contribution in [2.75, 3.05) is 6.54 Å². The van der Waals surface area contributed by atoms with Crippen LogP contribution in [0.3, 0.4) is 0 Å². The smallest absolute Gasteiger partial charge is 0.0354 e. The van der Waals surface area contributed by atoms with Crippen molar-refractivity contribution in [2.45, 2.75) is 51.1 Å². The summed E-state index contributed by atoms with van der Waals surface area (Å²) in [6, 6.07) is 10.5. The predicted octanol–water partition coefficient (Wildman–Crippen LogP) is 3.68. The lowest BCUT2D eigenvalue weighted by molar-refractivity contribution is 0.149. The minimum atomic E-state index is 0.714. The first kappa shape index (κ1) is 10.3. The molecule has 2 aliphatic rings. The molecule has 1 heteroatoms. The quantitative estimate of drug-likeness (QED) is 0.690. The number of rotatable bonds is 1. The summed E-state index contributed by atoms with van der Waals surface area (Å²) in [4.78, 5) is 2.77. The fourth-order valence-electron chi connectivity index (χ4n) is 3.55. The van der Waals surface area contributed by atoms with E-state index in [1.54, 1.807) is 5.56 Å². The van der Waals surface area contributed by atoms with E-state index in [4.69, 9.17) is 0 Å². The number of hydrogen-bond donors (Lipinski definition) is 0. The molecule has 0 amide bonds. The fraction of sp³-hybridized carbons (Fsp3) is 0.600. The highest BCUT2D eigenvalue weighted by molar-refractivity contribution is 5.29. The number of aryl methyl sites for hydroxylation is 1. The monoisotopic (exact) mass is 215 g/mol. The highest BCUT2D eigenvalue weighted by Crippen LogP contribution is 2.40. The Morgan fingerprint density at radius 1 is 1.06 bits per heavy atom. The molecule has 2 fully saturated rings. The molecule has 0 aliphatic carbocycles. The Bertz CT molecular complexity index is 371. The number of piperidine rings is 1. The van der Waals surface area contributed by atoms with Crippen LogP contribution in [0.5, 0.6) is 0 Å². The summed E-state index contributed by atoms with van der Waals surface area (Å²) < 4.78 is 0. The van der Waals surface area contributed by atoms with Crippen LogP contribution in [0.1, 0.15) is 49.3 Å². The van der Waals surface area contributed by atoms with Crippen LogP contribution in [0.15, 0.2) is 24.3 Å². The maximum absolute atomic E-state index is 2.77. The number of nitrogens with zero attached hydrogens (tertiary/aromatic N) is 1. The summed E-state index contributed by atoms with van der Waals surface area (Å²) in [6.45, 7) is 3.58. The molecule has 0 bridgehead atoms. The zero-order chi connectivity index (χ0) is 11.0. The SMILES string of the molecule is Cc1ccccc1C1CCC2CCCCN21. The van der Waals surface area contributed by atoms with Gasteiger partial charge in [-0.3, -0.25) is 4.90 Å². The predicted molar refractivity (Wildman–Crippen MR) is 67.5 cm³/mol. The van der Waals surface area contributed by atoms with E-state index in [1.807, 2.05) is 0 Å². The number of hydrogen-bond acceptors (Lipinski definition) is 1. The number of fused-ring (bicyclic) bond motifs is 1. The van der Waals surface area contributed by atoms with Crippen LogP contribution >= 0.6 is 0 Å². The van der Waals surface area contributed by atoms with Gasteiger partial charge >= 0.3 is 0 Å². The lowest BCUT2D eigenvalue weighted by Gasteiger charge is -2.34. The Labute approximate surface area is 98.5 Å². The van der Waals surface area contributed by atoms with Crippen molar-refractivity contribution in [3.8, 4) is 0 Å². The van der Waals surface area contributed by atoms with E-state index < -0.39 is 0 Å². The van der Waals surface area contributed by atoms with Gasteiger partial charge in [0.1, 0.15) is 0 Å². The number of benzene rings is 1. The first-order chi connectivity index (χ1) is 7.86. The molecule has 1 aromatic carbocycles. The van der Waals surface area contributed by atoms with Gasteiger partial charge in [-0.25, -0.2) is 0 Å². The van der Waals surface area contributed by atoms with E-state index >= 15 is 0 Å². The molecule has 2 aliphatic heterocycles. The van der Waals surface area contributed by atoms with Gasteiger partial charge in [0.05, 0.1) is 0 Å². The van der Waals surface area contributed by atoms with Gasteiger partial charge in [-0.05, 0) is 50.3 Å². The lowest BCUT2D eigenvalue weighted by Crippen LogP contribution is -2.36. The molecule has 2 atom stereocenters. The van der Waals surface area contributed by atoms with E-state index in [9.17, 15) is 0 Å². The van der Waals surface area contributed by atoms with Gasteiger partial charge in [0.2, 0.25) is 0 Å². The van der Waals surface area contributed by atoms with Crippen LogP contribution in [0.25, 0.3) is 0 Å². The molecule has 0 radical (unpaired) electrons. The van der Waals surface area contributed by atoms with Crippen molar-refractivity contribution >= 4 is 0 Å². The molecule has 2 unspecified atom stereocenters. The molecular weight excluding hydrogens is 194 g/mol. The topological polar surface area (TPSA) is 3.24 Å². The molecule has 0 spiro atoms. The van der Waals surface area contributed by atoms with Gasteiger partial charge < -0.3 is 0 Å². The van der Waals surface area contributed by atoms with Gasteiger partial charge in [-0.15, -0.1) is 0 Å². The second-order valence-electron chi connectivity index (χ2n) is 5.34. The minimum absolute atomic E-state index is 0.714. The van der Waals surface area contributed by atoms with Gasteiger partial charge in [0.25, 0.3) is 0 Å². The van der Waals surface area contributed by atoms with Gasteiger partial charge in [-0.1, -0.05) is 30.7 Å². The maximum Gasteiger partial charge on any atom is 0.0354 e. The van der Waals surface area contributed by atoms with Crippen molar-refractivity contribution in [1.82, 2.24) is 4.90 Å². The molecule has 16 heavy (non-hydrogen) atoms. The van der Waals surface area contributed by atoms with Crippen molar-refractivity contribution in [1.29, 1.82) is 0 Å². The van der Waals surface area contributed by atoms with E-state index in [0.29, 0.717) is 6.04 Å². The lowest BCUT2D eigenvalue weighted by atomic mass is 9.99. The van der Waals surface area contributed by atoms with Crippen LogP contribution in [0.4, 0.5) is 0 Å². The van der Waals surface area contributed by atoms with Gasteiger partial charge in [0, 0.05) is 12.1 Å². The molecule has 0 aromatic heterocycles. The molecule has 2 saturated heterocycles. The summed E-state index contributed by atoms with van der Waals surface area (Å²) in [5.41, 5.74) is 3.05. The zero-order valence-electron chi connectivity index (χ0n) is 10.2. The maximum atomic E-state index is 2.77. The zero-order valence-corrected chi connectivity index (χ0v) is 10.2. The van der Waals surface area contributed by atoms with Crippen molar-refractivity contribution in [2.24, 2.45) is 0 Å². The molecule has 2 heterocycles. The average molecular weight is 215 g/mol. The summed E-state index contributed by atoms with van der Waals surface area (Å²) in [6.07, 6.45) is 7.07. The van der Waals surface area contributed by atoms with Crippen molar-refractivity contribution < 1.29 is 0 Å². The first-order valence-electron chi connectivity index (χ1n) is 6.67. The average Bonchev–Trinajstić information content (AvgIpc) is 2.74. The Morgan fingerprint density at radius 3 is 2.81 bits per heavy atom. The third kappa shape index (κ3) is 1.67. The third-order valence-corrected chi connectivity index (χ3v) is 4.39. The summed E-state index contributed by atoms with van der Waals surface area (Å²) in [5.74, 6) is 0.